The normalized spacial score (nSPS) is 10.5. The highest BCUT2D eigenvalue weighted by Gasteiger charge is 2.20. The van der Waals surface area contributed by atoms with Crippen LogP contribution < -0.4 is 4.90 Å². The fourth-order valence-electron chi connectivity index (χ4n) is 1.97. The van der Waals surface area contributed by atoms with Crippen LogP contribution in [0.15, 0.2) is 48.7 Å². The van der Waals surface area contributed by atoms with Crippen LogP contribution in [-0.2, 0) is 0 Å². The van der Waals surface area contributed by atoms with E-state index in [9.17, 15) is 4.79 Å². The first-order valence-corrected chi connectivity index (χ1v) is 6.41. The molecule has 0 saturated carbocycles. The molecule has 1 aromatic heterocycles. The average molecular weight is 254 g/mol. The molecule has 1 amide bonds. The number of amides is 1. The van der Waals surface area contributed by atoms with E-state index in [0.29, 0.717) is 5.56 Å². The third-order valence-corrected chi connectivity index (χ3v) is 2.93. The van der Waals surface area contributed by atoms with Crippen molar-refractivity contribution in [2.45, 2.75) is 26.8 Å². The van der Waals surface area contributed by atoms with Crippen molar-refractivity contribution in [3.8, 4) is 0 Å². The Kier molecular flexibility index (Phi) is 3.95. The Bertz CT molecular complexity index is 547. The van der Waals surface area contributed by atoms with Crippen molar-refractivity contribution in [3.63, 3.8) is 0 Å². The van der Waals surface area contributed by atoms with Crippen molar-refractivity contribution in [2.24, 2.45) is 0 Å². The van der Waals surface area contributed by atoms with Gasteiger partial charge >= 0.3 is 0 Å². The molecular weight excluding hydrogens is 236 g/mol. The van der Waals surface area contributed by atoms with Crippen LogP contribution >= 0.6 is 0 Å². The Morgan fingerprint density at radius 1 is 1.11 bits per heavy atom. The summed E-state index contributed by atoms with van der Waals surface area (Å²) in [7, 11) is 0. The highest BCUT2D eigenvalue weighted by Crippen LogP contribution is 2.19. The molecule has 0 unspecified atom stereocenters. The van der Waals surface area contributed by atoms with E-state index in [1.807, 2.05) is 63.2 Å². The van der Waals surface area contributed by atoms with E-state index in [0.717, 1.165) is 11.4 Å². The third kappa shape index (κ3) is 2.99. The first kappa shape index (κ1) is 13.3. The van der Waals surface area contributed by atoms with E-state index in [-0.39, 0.29) is 11.9 Å². The van der Waals surface area contributed by atoms with Crippen molar-refractivity contribution < 1.29 is 4.79 Å². The molecule has 0 radical (unpaired) electrons. The summed E-state index contributed by atoms with van der Waals surface area (Å²) in [5, 5.41) is 0. The minimum atomic E-state index is -0.0197. The smallest absolute Gasteiger partial charge is 0.260 e. The SMILES string of the molecule is Cc1ccc(C(=O)N(c2ccccc2)C(C)C)cn1. The fraction of sp³-hybridized carbons (Fsp3) is 0.250. The van der Waals surface area contributed by atoms with Crippen molar-refractivity contribution >= 4 is 11.6 Å². The van der Waals surface area contributed by atoms with Crippen molar-refractivity contribution in [3.05, 3.63) is 59.9 Å². The van der Waals surface area contributed by atoms with Crippen molar-refractivity contribution in [1.82, 2.24) is 4.98 Å². The van der Waals surface area contributed by atoms with Gasteiger partial charge in [0.2, 0.25) is 0 Å². The highest BCUT2D eigenvalue weighted by atomic mass is 16.2. The van der Waals surface area contributed by atoms with Crippen LogP contribution in [0.25, 0.3) is 0 Å². The molecule has 0 aliphatic heterocycles. The van der Waals surface area contributed by atoms with Crippen LogP contribution in [0.1, 0.15) is 29.9 Å². The van der Waals surface area contributed by atoms with Crippen LogP contribution in [0.3, 0.4) is 0 Å². The summed E-state index contributed by atoms with van der Waals surface area (Å²) in [6.45, 7) is 5.92. The summed E-state index contributed by atoms with van der Waals surface area (Å²) < 4.78 is 0. The van der Waals surface area contributed by atoms with Gasteiger partial charge in [-0.05, 0) is 45.0 Å². The van der Waals surface area contributed by atoms with Gasteiger partial charge in [-0.3, -0.25) is 9.78 Å². The quantitative estimate of drug-likeness (QED) is 0.840. The van der Waals surface area contributed by atoms with Gasteiger partial charge in [0.1, 0.15) is 0 Å². The number of carbonyl (C=O) groups is 1. The van der Waals surface area contributed by atoms with E-state index in [1.54, 1.807) is 11.1 Å². The minimum Gasteiger partial charge on any atom is -0.306 e. The van der Waals surface area contributed by atoms with Crippen molar-refractivity contribution in [2.75, 3.05) is 4.90 Å². The number of hydrogen-bond donors (Lipinski definition) is 0. The molecular formula is C16H18N2O. The summed E-state index contributed by atoms with van der Waals surface area (Å²) in [6, 6.07) is 13.5. The number of anilines is 1. The lowest BCUT2D eigenvalue weighted by Crippen LogP contribution is -2.37. The second kappa shape index (κ2) is 5.65. The van der Waals surface area contributed by atoms with Crippen LogP contribution in [0.4, 0.5) is 5.69 Å². The maximum atomic E-state index is 12.6. The van der Waals surface area contributed by atoms with Crippen LogP contribution in [0, 0.1) is 6.92 Å². The molecule has 0 N–H and O–H groups in total. The molecule has 0 bridgehead atoms. The molecule has 0 aliphatic rings. The molecule has 0 atom stereocenters. The maximum Gasteiger partial charge on any atom is 0.260 e. The number of pyridine rings is 1. The third-order valence-electron chi connectivity index (χ3n) is 2.93. The number of para-hydroxylation sites is 1. The van der Waals surface area contributed by atoms with E-state index in [1.165, 1.54) is 0 Å². The number of hydrogen-bond acceptors (Lipinski definition) is 2. The Labute approximate surface area is 113 Å². The predicted octanol–water partition coefficient (Wildman–Crippen LogP) is 3.45. The zero-order valence-corrected chi connectivity index (χ0v) is 11.5. The zero-order chi connectivity index (χ0) is 13.8. The van der Waals surface area contributed by atoms with Crippen molar-refractivity contribution in [1.29, 1.82) is 0 Å². The average Bonchev–Trinajstić information content (AvgIpc) is 2.40. The minimum absolute atomic E-state index is 0.0197. The number of aryl methyl sites for hydroxylation is 1. The molecule has 1 aromatic carbocycles. The first-order valence-electron chi connectivity index (χ1n) is 6.41. The van der Waals surface area contributed by atoms with Crippen LogP contribution in [-0.4, -0.2) is 16.9 Å². The molecule has 2 aromatic rings. The molecule has 1 heterocycles. The van der Waals surface area contributed by atoms with Gasteiger partial charge in [-0.2, -0.15) is 0 Å². The Balaban J connectivity index is 2.35. The summed E-state index contributed by atoms with van der Waals surface area (Å²) in [5.41, 5.74) is 2.43. The number of nitrogens with zero attached hydrogens (tertiary/aromatic N) is 2. The predicted molar refractivity (Wildman–Crippen MR) is 77.4 cm³/mol. The lowest BCUT2D eigenvalue weighted by molar-refractivity contribution is 0.0980. The standard InChI is InChI=1S/C16H18N2O/c1-12(2)18(15-7-5-4-6-8-15)16(19)14-10-9-13(3)17-11-14/h4-12H,1-3H3. The van der Waals surface area contributed by atoms with Gasteiger partial charge in [-0.15, -0.1) is 0 Å². The first-order chi connectivity index (χ1) is 9.09. The Morgan fingerprint density at radius 3 is 2.32 bits per heavy atom. The number of rotatable bonds is 3. The second-order valence-corrected chi connectivity index (χ2v) is 4.79. The van der Waals surface area contributed by atoms with E-state index >= 15 is 0 Å². The lowest BCUT2D eigenvalue weighted by atomic mass is 10.1. The van der Waals surface area contributed by atoms with E-state index < -0.39 is 0 Å². The van der Waals surface area contributed by atoms with Gasteiger partial charge in [0, 0.05) is 23.6 Å². The van der Waals surface area contributed by atoms with E-state index in [2.05, 4.69) is 4.98 Å². The fourth-order valence-corrected chi connectivity index (χ4v) is 1.97. The number of benzene rings is 1. The molecule has 2 rings (SSSR count). The monoisotopic (exact) mass is 254 g/mol. The summed E-state index contributed by atoms with van der Waals surface area (Å²) in [4.78, 5) is 18.6. The summed E-state index contributed by atoms with van der Waals surface area (Å²) in [5.74, 6) is -0.0197. The number of carbonyl (C=O) groups excluding carboxylic acids is 1. The molecule has 0 fully saturated rings. The summed E-state index contributed by atoms with van der Waals surface area (Å²) in [6.07, 6.45) is 1.63. The molecule has 3 heteroatoms. The van der Waals surface area contributed by atoms with Gasteiger partial charge in [-0.1, -0.05) is 18.2 Å². The van der Waals surface area contributed by atoms with Gasteiger partial charge < -0.3 is 4.90 Å². The van der Waals surface area contributed by atoms with E-state index in [4.69, 9.17) is 0 Å². The molecule has 98 valence electrons. The Hall–Kier alpha value is -2.16. The van der Waals surface area contributed by atoms with Gasteiger partial charge in [0.05, 0.1) is 5.56 Å². The van der Waals surface area contributed by atoms with Gasteiger partial charge in [0.15, 0.2) is 0 Å². The largest absolute Gasteiger partial charge is 0.306 e. The van der Waals surface area contributed by atoms with Gasteiger partial charge in [0.25, 0.3) is 5.91 Å². The molecule has 0 spiro atoms. The molecule has 3 nitrogen and oxygen atoms in total. The molecule has 0 aliphatic carbocycles. The topological polar surface area (TPSA) is 33.2 Å². The number of aromatic nitrogens is 1. The Morgan fingerprint density at radius 2 is 1.79 bits per heavy atom. The second-order valence-electron chi connectivity index (χ2n) is 4.79. The van der Waals surface area contributed by atoms with Crippen LogP contribution in [0.5, 0.6) is 0 Å². The molecule has 0 saturated heterocycles. The lowest BCUT2D eigenvalue weighted by Gasteiger charge is -2.26. The van der Waals surface area contributed by atoms with Crippen LogP contribution in [0.2, 0.25) is 0 Å². The zero-order valence-electron chi connectivity index (χ0n) is 11.5. The van der Waals surface area contributed by atoms with Gasteiger partial charge in [-0.25, -0.2) is 0 Å². The maximum absolute atomic E-state index is 12.6. The highest BCUT2D eigenvalue weighted by molar-refractivity contribution is 6.06. The molecule has 19 heavy (non-hydrogen) atoms. The summed E-state index contributed by atoms with van der Waals surface area (Å²) >= 11 is 0.